The molecular formula is C21H16F6N6. The zero-order valence-corrected chi connectivity index (χ0v) is 16.8. The van der Waals surface area contributed by atoms with Gasteiger partial charge in [0.1, 0.15) is 11.4 Å². The number of nitrogens with zero attached hydrogens (tertiary/aromatic N) is 4. The Bertz CT molecular complexity index is 1190. The normalized spacial score (nSPS) is 15.3. The van der Waals surface area contributed by atoms with Crippen LogP contribution in [0.25, 0.3) is 11.5 Å². The predicted octanol–water partition coefficient (Wildman–Crippen LogP) is 5.63. The van der Waals surface area contributed by atoms with Crippen LogP contribution < -0.4 is 10.6 Å². The van der Waals surface area contributed by atoms with Crippen LogP contribution in [0.4, 0.5) is 43.9 Å². The number of hydrogen-bond donors (Lipinski definition) is 2. The number of halogens is 6. The number of nitrogens with one attached hydrogen (secondary N) is 2. The summed E-state index contributed by atoms with van der Waals surface area (Å²) in [4.78, 5) is 15.9. The van der Waals surface area contributed by atoms with E-state index in [2.05, 4.69) is 30.6 Å². The van der Waals surface area contributed by atoms with Crippen molar-refractivity contribution in [1.29, 1.82) is 0 Å². The second-order valence-electron chi connectivity index (χ2n) is 7.14. The highest BCUT2D eigenvalue weighted by Gasteiger charge is 2.33. The van der Waals surface area contributed by atoms with Gasteiger partial charge in [0.2, 0.25) is 11.9 Å². The molecule has 0 aliphatic carbocycles. The van der Waals surface area contributed by atoms with E-state index in [9.17, 15) is 26.3 Å². The number of benzene rings is 1. The molecule has 0 amide bonds. The second-order valence-corrected chi connectivity index (χ2v) is 7.14. The van der Waals surface area contributed by atoms with E-state index >= 15 is 0 Å². The molecule has 4 bridgehead atoms. The highest BCUT2D eigenvalue weighted by Crippen LogP contribution is 2.33. The van der Waals surface area contributed by atoms with Gasteiger partial charge in [0, 0.05) is 12.2 Å². The fourth-order valence-electron chi connectivity index (χ4n) is 3.12. The van der Waals surface area contributed by atoms with Gasteiger partial charge in [-0.1, -0.05) is 18.2 Å². The molecule has 172 valence electrons. The molecule has 4 rings (SSSR count). The Morgan fingerprint density at radius 2 is 1.58 bits per heavy atom. The first kappa shape index (κ1) is 22.5. The molecular weight excluding hydrogens is 450 g/mol. The summed E-state index contributed by atoms with van der Waals surface area (Å²) in [6, 6.07) is 6.78. The van der Waals surface area contributed by atoms with Crippen LogP contribution in [-0.4, -0.2) is 26.5 Å². The first-order valence-electron chi connectivity index (χ1n) is 9.76. The number of pyridine rings is 1. The maximum Gasteiger partial charge on any atom is 0.433 e. The Morgan fingerprint density at radius 3 is 2.33 bits per heavy atom. The molecule has 2 aromatic heterocycles. The molecule has 0 spiro atoms. The van der Waals surface area contributed by atoms with Crippen LogP contribution in [0.3, 0.4) is 0 Å². The second kappa shape index (κ2) is 8.68. The van der Waals surface area contributed by atoms with Gasteiger partial charge in [0.05, 0.1) is 5.56 Å². The minimum Gasteiger partial charge on any atom is -0.354 e. The van der Waals surface area contributed by atoms with Crippen molar-refractivity contribution in [2.24, 2.45) is 0 Å². The third-order valence-electron chi connectivity index (χ3n) is 4.59. The highest BCUT2D eigenvalue weighted by molar-refractivity contribution is 5.61. The first-order valence-corrected chi connectivity index (χ1v) is 9.76. The largest absolute Gasteiger partial charge is 0.433 e. The van der Waals surface area contributed by atoms with Crippen LogP contribution in [0.15, 0.2) is 48.6 Å². The van der Waals surface area contributed by atoms with Crippen molar-refractivity contribution in [3.05, 3.63) is 65.4 Å². The van der Waals surface area contributed by atoms with E-state index in [0.29, 0.717) is 18.5 Å². The van der Waals surface area contributed by atoms with Crippen molar-refractivity contribution in [2.75, 3.05) is 17.2 Å². The van der Waals surface area contributed by atoms with Gasteiger partial charge in [-0.2, -0.15) is 41.3 Å². The molecule has 0 saturated carbocycles. The monoisotopic (exact) mass is 466 g/mol. The fraction of sp³-hybridized carbons (Fsp3) is 0.238. The SMILES string of the molecule is FC(F)(F)c1cc2cc(c1)Nc1nc(nc(-c3cccc(C(F)(F)F)n3)n1)NCC/C=C/C2. The average molecular weight is 466 g/mol. The van der Waals surface area contributed by atoms with Gasteiger partial charge in [-0.15, -0.1) is 0 Å². The number of fused-ring (bicyclic) bond motifs is 4. The van der Waals surface area contributed by atoms with Gasteiger partial charge in [0.25, 0.3) is 0 Å². The molecule has 33 heavy (non-hydrogen) atoms. The molecule has 1 aromatic carbocycles. The molecule has 0 saturated heterocycles. The van der Waals surface area contributed by atoms with E-state index in [-0.39, 0.29) is 35.5 Å². The zero-order chi connectivity index (χ0) is 23.6. The van der Waals surface area contributed by atoms with Crippen molar-refractivity contribution in [1.82, 2.24) is 19.9 Å². The van der Waals surface area contributed by atoms with Crippen molar-refractivity contribution >= 4 is 17.6 Å². The molecule has 3 aromatic rings. The Hall–Kier alpha value is -3.70. The number of alkyl halides is 6. The summed E-state index contributed by atoms with van der Waals surface area (Å²) in [5, 5.41) is 5.65. The molecule has 3 heterocycles. The van der Waals surface area contributed by atoms with Gasteiger partial charge < -0.3 is 10.6 Å². The minimum absolute atomic E-state index is 0.0431. The smallest absolute Gasteiger partial charge is 0.354 e. The molecule has 0 fully saturated rings. The molecule has 2 N–H and O–H groups in total. The lowest BCUT2D eigenvalue weighted by molar-refractivity contribution is -0.141. The van der Waals surface area contributed by atoms with Crippen molar-refractivity contribution < 1.29 is 26.3 Å². The molecule has 0 atom stereocenters. The Morgan fingerprint density at radius 1 is 0.788 bits per heavy atom. The van der Waals surface area contributed by atoms with E-state index in [4.69, 9.17) is 0 Å². The Labute approximate surface area is 183 Å². The van der Waals surface area contributed by atoms with E-state index in [0.717, 1.165) is 18.2 Å². The molecule has 1 aliphatic heterocycles. The number of aromatic nitrogens is 4. The van der Waals surface area contributed by atoms with Crippen LogP contribution in [0.2, 0.25) is 0 Å². The summed E-state index contributed by atoms with van der Waals surface area (Å²) in [5.74, 6) is -0.264. The van der Waals surface area contributed by atoms with Gasteiger partial charge in [0.15, 0.2) is 5.82 Å². The zero-order valence-electron chi connectivity index (χ0n) is 16.8. The fourth-order valence-corrected chi connectivity index (χ4v) is 3.12. The number of anilines is 3. The van der Waals surface area contributed by atoms with Crippen molar-refractivity contribution in [3.63, 3.8) is 0 Å². The highest BCUT2D eigenvalue weighted by atomic mass is 19.4. The summed E-state index contributed by atoms with van der Waals surface area (Å²) in [6.07, 6.45) is -4.86. The lowest BCUT2D eigenvalue weighted by Crippen LogP contribution is -2.11. The number of hydrogen-bond acceptors (Lipinski definition) is 6. The van der Waals surface area contributed by atoms with E-state index in [1.165, 1.54) is 18.2 Å². The lowest BCUT2D eigenvalue weighted by Gasteiger charge is -2.13. The van der Waals surface area contributed by atoms with Gasteiger partial charge in [-0.3, -0.25) is 0 Å². The quantitative estimate of drug-likeness (QED) is 0.358. The summed E-state index contributed by atoms with van der Waals surface area (Å²) in [7, 11) is 0. The molecule has 12 heteroatoms. The summed E-state index contributed by atoms with van der Waals surface area (Å²) in [5.41, 5.74) is -1.63. The van der Waals surface area contributed by atoms with Crippen molar-refractivity contribution in [2.45, 2.75) is 25.2 Å². The third kappa shape index (κ3) is 5.57. The summed E-state index contributed by atoms with van der Waals surface area (Å²) in [6.45, 7) is 0.390. The van der Waals surface area contributed by atoms with Crippen LogP contribution in [0, 0.1) is 0 Å². The van der Waals surface area contributed by atoms with Gasteiger partial charge in [-0.05, 0) is 48.7 Å². The summed E-state index contributed by atoms with van der Waals surface area (Å²) < 4.78 is 79.3. The topological polar surface area (TPSA) is 75.6 Å². The lowest BCUT2D eigenvalue weighted by atomic mass is 10.1. The molecule has 0 radical (unpaired) electrons. The van der Waals surface area contributed by atoms with Crippen LogP contribution in [-0.2, 0) is 18.8 Å². The molecule has 0 unspecified atom stereocenters. The van der Waals surface area contributed by atoms with Crippen LogP contribution in [0.1, 0.15) is 23.2 Å². The van der Waals surface area contributed by atoms with Gasteiger partial charge in [-0.25, -0.2) is 4.98 Å². The van der Waals surface area contributed by atoms with Crippen LogP contribution in [0.5, 0.6) is 0 Å². The third-order valence-corrected chi connectivity index (χ3v) is 4.59. The van der Waals surface area contributed by atoms with E-state index < -0.39 is 23.6 Å². The van der Waals surface area contributed by atoms with Gasteiger partial charge >= 0.3 is 12.4 Å². The average Bonchev–Trinajstić information content (AvgIpc) is 2.75. The maximum atomic E-state index is 13.4. The Kier molecular flexibility index (Phi) is 5.91. The predicted molar refractivity (Wildman–Crippen MR) is 109 cm³/mol. The Balaban J connectivity index is 1.79. The minimum atomic E-state index is -4.67. The van der Waals surface area contributed by atoms with Crippen molar-refractivity contribution in [3.8, 4) is 11.5 Å². The summed E-state index contributed by atoms with van der Waals surface area (Å²) >= 11 is 0. The molecule has 6 nitrogen and oxygen atoms in total. The number of allylic oxidation sites excluding steroid dienone is 1. The molecule has 1 aliphatic rings. The maximum absolute atomic E-state index is 13.4. The first-order chi connectivity index (χ1) is 15.6. The van der Waals surface area contributed by atoms with E-state index in [1.54, 1.807) is 12.2 Å². The number of rotatable bonds is 1. The van der Waals surface area contributed by atoms with E-state index in [1.807, 2.05) is 0 Å². The van der Waals surface area contributed by atoms with Crippen LogP contribution >= 0.6 is 0 Å². The standard InChI is InChI=1S/C21H16F6N6/c22-20(23,24)13-9-12-5-2-1-3-8-28-18-31-17(32-19(33-18)29-14(10-12)11-13)15-6-4-7-16(30-15)21(25,26)27/h1-2,4,6-7,9-11H,3,5,8H2,(H2,28,29,31,32,33)/b2-1+.